The molecule has 0 radical (unpaired) electrons. The normalized spacial score (nSPS) is 11.1. The van der Waals surface area contributed by atoms with E-state index in [4.69, 9.17) is 0 Å². The van der Waals surface area contributed by atoms with Gasteiger partial charge in [0.15, 0.2) is 0 Å². The van der Waals surface area contributed by atoms with Gasteiger partial charge >= 0.3 is 0 Å². The quantitative estimate of drug-likeness (QED) is 0.721. The van der Waals surface area contributed by atoms with Crippen LogP contribution >= 0.6 is 22.7 Å². The van der Waals surface area contributed by atoms with Crippen LogP contribution in [-0.2, 0) is 6.61 Å². The standard InChI is InChI=1S/C13H10OS2/c14-8-10-5-6-15-13(10)12-7-9-3-1-2-4-11(9)16-12/h1-7,14H,8H2. The maximum atomic E-state index is 9.25. The molecular weight excluding hydrogens is 236 g/mol. The number of aliphatic hydroxyl groups is 1. The summed E-state index contributed by atoms with van der Waals surface area (Å²) in [5.74, 6) is 0. The number of hydrogen-bond donors (Lipinski definition) is 1. The SMILES string of the molecule is OCc1ccsc1-c1cc2ccccc2s1. The molecule has 3 rings (SSSR count). The fraction of sp³-hybridized carbons (Fsp3) is 0.0769. The van der Waals surface area contributed by atoms with Crippen LogP contribution in [0, 0.1) is 0 Å². The Morgan fingerprint density at radius 3 is 2.81 bits per heavy atom. The fourth-order valence-corrected chi connectivity index (χ4v) is 3.90. The molecule has 16 heavy (non-hydrogen) atoms. The predicted molar refractivity (Wildman–Crippen MR) is 71.1 cm³/mol. The van der Waals surface area contributed by atoms with Crippen molar-refractivity contribution in [2.75, 3.05) is 0 Å². The van der Waals surface area contributed by atoms with Gasteiger partial charge in [-0.15, -0.1) is 22.7 Å². The summed E-state index contributed by atoms with van der Waals surface area (Å²) in [6, 6.07) is 12.6. The Hall–Kier alpha value is -1.16. The maximum absolute atomic E-state index is 9.25. The van der Waals surface area contributed by atoms with Gasteiger partial charge < -0.3 is 5.11 Å². The molecule has 80 valence electrons. The molecule has 0 unspecified atom stereocenters. The fourth-order valence-electron chi connectivity index (χ4n) is 1.77. The molecule has 1 aromatic carbocycles. The van der Waals surface area contributed by atoms with E-state index in [1.165, 1.54) is 19.8 Å². The molecule has 0 fully saturated rings. The Labute approximate surface area is 102 Å². The smallest absolute Gasteiger partial charge is 0.0696 e. The molecule has 0 aliphatic carbocycles. The van der Waals surface area contributed by atoms with Gasteiger partial charge in [0.25, 0.3) is 0 Å². The largest absolute Gasteiger partial charge is 0.392 e. The minimum Gasteiger partial charge on any atom is -0.392 e. The summed E-state index contributed by atoms with van der Waals surface area (Å²) < 4.78 is 1.30. The van der Waals surface area contributed by atoms with Crippen LogP contribution in [0.4, 0.5) is 0 Å². The van der Waals surface area contributed by atoms with Crippen molar-refractivity contribution in [2.24, 2.45) is 0 Å². The van der Waals surface area contributed by atoms with Gasteiger partial charge in [-0.2, -0.15) is 0 Å². The van der Waals surface area contributed by atoms with Gasteiger partial charge in [0, 0.05) is 14.5 Å². The van der Waals surface area contributed by atoms with E-state index in [0.717, 1.165) is 5.56 Å². The van der Waals surface area contributed by atoms with Crippen LogP contribution in [0.25, 0.3) is 19.8 Å². The molecule has 0 amide bonds. The van der Waals surface area contributed by atoms with Crippen LogP contribution in [0.5, 0.6) is 0 Å². The maximum Gasteiger partial charge on any atom is 0.0696 e. The molecule has 2 aromatic heterocycles. The number of benzene rings is 1. The van der Waals surface area contributed by atoms with E-state index in [1.807, 2.05) is 11.4 Å². The number of fused-ring (bicyclic) bond motifs is 1. The predicted octanol–water partition coefficient (Wildman–Crippen LogP) is 4.12. The van der Waals surface area contributed by atoms with Gasteiger partial charge in [0.05, 0.1) is 6.61 Å². The number of rotatable bonds is 2. The van der Waals surface area contributed by atoms with E-state index in [-0.39, 0.29) is 6.61 Å². The zero-order valence-corrected chi connectivity index (χ0v) is 10.1. The van der Waals surface area contributed by atoms with Crippen LogP contribution in [0.3, 0.4) is 0 Å². The lowest BCUT2D eigenvalue weighted by molar-refractivity contribution is 0.283. The van der Waals surface area contributed by atoms with Crippen LogP contribution < -0.4 is 0 Å². The van der Waals surface area contributed by atoms with E-state index < -0.39 is 0 Å². The first-order valence-electron chi connectivity index (χ1n) is 5.04. The number of thiophene rings is 2. The second-order valence-corrected chi connectivity index (χ2v) is 5.58. The zero-order chi connectivity index (χ0) is 11.0. The van der Waals surface area contributed by atoms with E-state index in [1.54, 1.807) is 22.7 Å². The third-order valence-corrected chi connectivity index (χ3v) is 4.82. The van der Waals surface area contributed by atoms with Crippen LogP contribution in [0.2, 0.25) is 0 Å². The van der Waals surface area contributed by atoms with Crippen LogP contribution in [0.1, 0.15) is 5.56 Å². The van der Waals surface area contributed by atoms with Crippen LogP contribution in [0.15, 0.2) is 41.8 Å². The first kappa shape index (κ1) is 10.0. The lowest BCUT2D eigenvalue weighted by atomic mass is 10.2. The van der Waals surface area contributed by atoms with Gasteiger partial charge in [-0.05, 0) is 34.5 Å². The Morgan fingerprint density at radius 2 is 2.00 bits per heavy atom. The molecule has 1 N–H and O–H groups in total. The average Bonchev–Trinajstić information content (AvgIpc) is 2.94. The average molecular weight is 246 g/mol. The van der Waals surface area contributed by atoms with Gasteiger partial charge in [-0.1, -0.05) is 18.2 Å². The molecule has 1 nitrogen and oxygen atoms in total. The van der Waals surface area contributed by atoms with Crippen molar-refractivity contribution in [3.8, 4) is 9.75 Å². The Morgan fingerprint density at radius 1 is 1.12 bits per heavy atom. The Balaban J connectivity index is 2.19. The van der Waals surface area contributed by atoms with Gasteiger partial charge in [-0.3, -0.25) is 0 Å². The van der Waals surface area contributed by atoms with E-state index >= 15 is 0 Å². The highest BCUT2D eigenvalue weighted by Crippen LogP contribution is 2.38. The summed E-state index contributed by atoms with van der Waals surface area (Å²) in [7, 11) is 0. The third-order valence-electron chi connectivity index (χ3n) is 2.57. The summed E-state index contributed by atoms with van der Waals surface area (Å²) in [5.41, 5.74) is 1.02. The summed E-state index contributed by atoms with van der Waals surface area (Å²) in [5, 5.41) is 12.6. The molecule has 0 atom stereocenters. The Bertz CT molecular complexity index is 588. The highest BCUT2D eigenvalue weighted by Gasteiger charge is 2.09. The number of hydrogen-bond acceptors (Lipinski definition) is 3. The third kappa shape index (κ3) is 1.57. The topological polar surface area (TPSA) is 20.2 Å². The minimum absolute atomic E-state index is 0.118. The summed E-state index contributed by atoms with van der Waals surface area (Å²) >= 11 is 3.48. The van der Waals surface area contributed by atoms with Gasteiger partial charge in [-0.25, -0.2) is 0 Å². The highest BCUT2D eigenvalue weighted by atomic mass is 32.1. The lowest BCUT2D eigenvalue weighted by Crippen LogP contribution is -1.79. The van der Waals surface area contributed by atoms with Gasteiger partial charge in [0.2, 0.25) is 0 Å². The highest BCUT2D eigenvalue weighted by molar-refractivity contribution is 7.25. The summed E-state index contributed by atoms with van der Waals surface area (Å²) in [4.78, 5) is 2.45. The molecule has 3 heteroatoms. The molecule has 0 aliphatic heterocycles. The van der Waals surface area contributed by atoms with Crippen molar-refractivity contribution < 1.29 is 5.11 Å². The first-order chi connectivity index (χ1) is 7.88. The molecule has 2 heterocycles. The lowest BCUT2D eigenvalue weighted by Gasteiger charge is -1.95. The molecule has 0 saturated heterocycles. The van der Waals surface area contributed by atoms with Crippen molar-refractivity contribution in [2.45, 2.75) is 6.61 Å². The molecule has 0 bridgehead atoms. The van der Waals surface area contributed by atoms with Crippen molar-refractivity contribution >= 4 is 32.8 Å². The Kier molecular flexibility index (Phi) is 2.52. The summed E-state index contributed by atoms with van der Waals surface area (Å²) in [6.07, 6.45) is 0. The molecular formula is C13H10OS2. The van der Waals surface area contributed by atoms with Crippen molar-refractivity contribution in [3.05, 3.63) is 47.3 Å². The van der Waals surface area contributed by atoms with Crippen molar-refractivity contribution in [1.82, 2.24) is 0 Å². The zero-order valence-electron chi connectivity index (χ0n) is 8.51. The molecule has 0 saturated carbocycles. The molecule has 3 aromatic rings. The van der Waals surface area contributed by atoms with E-state index in [9.17, 15) is 5.11 Å². The van der Waals surface area contributed by atoms with Crippen LogP contribution in [-0.4, -0.2) is 5.11 Å². The van der Waals surface area contributed by atoms with E-state index in [2.05, 4.69) is 30.3 Å². The minimum atomic E-state index is 0.118. The second kappa shape index (κ2) is 4.01. The second-order valence-electron chi connectivity index (χ2n) is 3.58. The van der Waals surface area contributed by atoms with Crippen molar-refractivity contribution in [1.29, 1.82) is 0 Å². The van der Waals surface area contributed by atoms with E-state index in [0.29, 0.717) is 0 Å². The monoisotopic (exact) mass is 246 g/mol. The molecule has 0 spiro atoms. The molecule has 0 aliphatic rings. The van der Waals surface area contributed by atoms with Crippen molar-refractivity contribution in [3.63, 3.8) is 0 Å². The number of aliphatic hydroxyl groups excluding tert-OH is 1. The summed E-state index contributed by atoms with van der Waals surface area (Å²) in [6.45, 7) is 0.118. The van der Waals surface area contributed by atoms with Gasteiger partial charge in [0.1, 0.15) is 0 Å². The first-order valence-corrected chi connectivity index (χ1v) is 6.74.